The van der Waals surface area contributed by atoms with Gasteiger partial charge in [-0.05, 0) is 49.3 Å². The van der Waals surface area contributed by atoms with Gasteiger partial charge in [0.25, 0.3) is 0 Å². The van der Waals surface area contributed by atoms with Crippen molar-refractivity contribution in [2.24, 2.45) is 5.92 Å². The molecule has 1 aliphatic rings. The Morgan fingerprint density at radius 1 is 1.39 bits per heavy atom. The molecule has 0 aromatic heterocycles. The number of benzene rings is 1. The standard InChI is InChI=1S/C15H20ClFO/c1-2-11-5-7-15(18,8-6-11)10-12-3-4-14(17)13(16)9-12/h3-4,9,11,18H,2,5-8,10H2,1H3. The first-order valence-corrected chi connectivity index (χ1v) is 7.06. The normalized spacial score (nSPS) is 28.3. The Morgan fingerprint density at radius 2 is 2.06 bits per heavy atom. The second kappa shape index (κ2) is 5.58. The molecule has 18 heavy (non-hydrogen) atoms. The molecule has 0 unspecified atom stereocenters. The predicted molar refractivity (Wildman–Crippen MR) is 72.3 cm³/mol. The molecule has 0 amide bonds. The maximum Gasteiger partial charge on any atom is 0.141 e. The summed E-state index contributed by atoms with van der Waals surface area (Å²) >= 11 is 5.77. The Labute approximate surface area is 113 Å². The second-order valence-corrected chi connectivity index (χ2v) is 5.91. The van der Waals surface area contributed by atoms with Crippen molar-refractivity contribution in [1.82, 2.24) is 0 Å². The molecule has 1 N–H and O–H groups in total. The zero-order chi connectivity index (χ0) is 13.2. The van der Waals surface area contributed by atoms with Gasteiger partial charge >= 0.3 is 0 Å². The first-order chi connectivity index (χ1) is 8.52. The third-order valence-corrected chi connectivity index (χ3v) is 4.42. The van der Waals surface area contributed by atoms with Crippen LogP contribution >= 0.6 is 11.6 Å². The fourth-order valence-corrected chi connectivity index (χ4v) is 3.03. The van der Waals surface area contributed by atoms with Gasteiger partial charge in [0.2, 0.25) is 0 Å². The number of halogens is 2. The summed E-state index contributed by atoms with van der Waals surface area (Å²) in [4.78, 5) is 0. The smallest absolute Gasteiger partial charge is 0.141 e. The summed E-state index contributed by atoms with van der Waals surface area (Å²) < 4.78 is 13.1. The molecule has 1 saturated carbocycles. The van der Waals surface area contributed by atoms with Crippen molar-refractivity contribution in [3.8, 4) is 0 Å². The van der Waals surface area contributed by atoms with Gasteiger partial charge in [-0.3, -0.25) is 0 Å². The second-order valence-electron chi connectivity index (χ2n) is 5.50. The summed E-state index contributed by atoms with van der Waals surface area (Å²) in [6.45, 7) is 2.20. The van der Waals surface area contributed by atoms with Gasteiger partial charge < -0.3 is 5.11 Å². The molecule has 0 saturated heterocycles. The Morgan fingerprint density at radius 3 is 2.61 bits per heavy atom. The van der Waals surface area contributed by atoms with Crippen molar-refractivity contribution >= 4 is 11.6 Å². The van der Waals surface area contributed by atoms with Crippen LogP contribution in [0.4, 0.5) is 4.39 Å². The van der Waals surface area contributed by atoms with Crippen molar-refractivity contribution in [2.45, 2.75) is 51.0 Å². The Balaban J connectivity index is 2.02. The number of hydrogen-bond donors (Lipinski definition) is 1. The molecule has 3 heteroatoms. The summed E-state index contributed by atoms with van der Waals surface area (Å²) in [5.41, 5.74) is 0.283. The third-order valence-electron chi connectivity index (χ3n) is 4.13. The lowest BCUT2D eigenvalue weighted by atomic mass is 9.75. The highest BCUT2D eigenvalue weighted by atomic mass is 35.5. The van der Waals surface area contributed by atoms with Crippen LogP contribution in [0.15, 0.2) is 18.2 Å². The summed E-state index contributed by atoms with van der Waals surface area (Å²) in [5, 5.41) is 10.7. The van der Waals surface area contributed by atoms with E-state index in [4.69, 9.17) is 11.6 Å². The molecule has 0 bridgehead atoms. The Hall–Kier alpha value is -0.600. The van der Waals surface area contributed by atoms with Gasteiger partial charge in [0, 0.05) is 6.42 Å². The molecule has 0 spiro atoms. The van der Waals surface area contributed by atoms with E-state index >= 15 is 0 Å². The Bertz CT molecular complexity index is 411. The van der Waals surface area contributed by atoms with E-state index in [0.29, 0.717) is 6.42 Å². The molecule has 1 aromatic carbocycles. The van der Waals surface area contributed by atoms with Crippen molar-refractivity contribution in [1.29, 1.82) is 0 Å². The number of aliphatic hydroxyl groups is 1. The fourth-order valence-electron chi connectivity index (χ4n) is 2.83. The summed E-state index contributed by atoms with van der Waals surface area (Å²) in [5.74, 6) is 0.351. The lowest BCUT2D eigenvalue weighted by Gasteiger charge is -2.36. The van der Waals surface area contributed by atoms with E-state index in [-0.39, 0.29) is 5.02 Å². The molecule has 2 rings (SSSR count). The molecule has 0 radical (unpaired) electrons. The monoisotopic (exact) mass is 270 g/mol. The van der Waals surface area contributed by atoms with E-state index in [1.54, 1.807) is 12.1 Å². The third kappa shape index (κ3) is 3.24. The molecule has 1 nitrogen and oxygen atoms in total. The van der Waals surface area contributed by atoms with Crippen LogP contribution < -0.4 is 0 Å². The van der Waals surface area contributed by atoms with E-state index < -0.39 is 11.4 Å². The minimum atomic E-state index is -0.632. The highest BCUT2D eigenvalue weighted by molar-refractivity contribution is 6.30. The van der Waals surface area contributed by atoms with Crippen molar-refractivity contribution in [3.05, 3.63) is 34.6 Å². The highest BCUT2D eigenvalue weighted by Crippen LogP contribution is 2.36. The average Bonchev–Trinajstić information content (AvgIpc) is 2.35. The van der Waals surface area contributed by atoms with Crippen LogP contribution in [0.5, 0.6) is 0 Å². The summed E-state index contributed by atoms with van der Waals surface area (Å²) in [6.07, 6.45) is 5.60. The number of rotatable bonds is 3. The first-order valence-electron chi connectivity index (χ1n) is 6.69. The van der Waals surface area contributed by atoms with Gasteiger partial charge in [0.1, 0.15) is 5.82 Å². The van der Waals surface area contributed by atoms with Crippen LogP contribution in [-0.4, -0.2) is 10.7 Å². The van der Waals surface area contributed by atoms with Crippen LogP contribution in [0.3, 0.4) is 0 Å². The zero-order valence-corrected chi connectivity index (χ0v) is 11.5. The van der Waals surface area contributed by atoms with Crippen LogP contribution in [0, 0.1) is 11.7 Å². The minimum Gasteiger partial charge on any atom is -0.390 e. The lowest BCUT2D eigenvalue weighted by Crippen LogP contribution is -2.36. The summed E-state index contributed by atoms with van der Waals surface area (Å²) in [6, 6.07) is 4.71. The maximum absolute atomic E-state index is 13.1. The SMILES string of the molecule is CCC1CCC(O)(Cc2ccc(F)c(Cl)c2)CC1. The maximum atomic E-state index is 13.1. The molecule has 0 aliphatic heterocycles. The fraction of sp³-hybridized carbons (Fsp3) is 0.600. The van der Waals surface area contributed by atoms with Gasteiger partial charge in [-0.25, -0.2) is 4.39 Å². The van der Waals surface area contributed by atoms with Crippen molar-refractivity contribution in [2.75, 3.05) is 0 Å². The molecule has 1 aromatic rings. The summed E-state index contributed by atoms with van der Waals surface area (Å²) in [7, 11) is 0. The van der Waals surface area contributed by atoms with Gasteiger partial charge in [-0.15, -0.1) is 0 Å². The molecule has 1 fully saturated rings. The number of hydrogen-bond acceptors (Lipinski definition) is 1. The first kappa shape index (κ1) is 13.8. The van der Waals surface area contributed by atoms with Crippen molar-refractivity contribution < 1.29 is 9.50 Å². The van der Waals surface area contributed by atoms with Crippen LogP contribution in [0.2, 0.25) is 5.02 Å². The average molecular weight is 271 g/mol. The molecule has 0 atom stereocenters. The largest absolute Gasteiger partial charge is 0.390 e. The topological polar surface area (TPSA) is 20.2 Å². The van der Waals surface area contributed by atoms with Gasteiger partial charge in [-0.1, -0.05) is 31.0 Å². The predicted octanol–water partition coefficient (Wildman–Crippen LogP) is 4.35. The van der Waals surface area contributed by atoms with Gasteiger partial charge in [-0.2, -0.15) is 0 Å². The molecular weight excluding hydrogens is 251 g/mol. The molecule has 100 valence electrons. The van der Waals surface area contributed by atoms with E-state index in [1.807, 2.05) is 0 Å². The Kier molecular flexibility index (Phi) is 4.29. The van der Waals surface area contributed by atoms with E-state index in [9.17, 15) is 9.50 Å². The quantitative estimate of drug-likeness (QED) is 0.866. The highest BCUT2D eigenvalue weighted by Gasteiger charge is 2.32. The van der Waals surface area contributed by atoms with Crippen LogP contribution in [0.25, 0.3) is 0 Å². The minimum absolute atomic E-state index is 0.137. The zero-order valence-electron chi connectivity index (χ0n) is 10.8. The van der Waals surface area contributed by atoms with Crippen LogP contribution in [0.1, 0.15) is 44.6 Å². The van der Waals surface area contributed by atoms with E-state index in [2.05, 4.69) is 6.92 Å². The van der Waals surface area contributed by atoms with E-state index in [0.717, 1.165) is 37.2 Å². The van der Waals surface area contributed by atoms with Gasteiger partial charge in [0.05, 0.1) is 10.6 Å². The van der Waals surface area contributed by atoms with E-state index in [1.165, 1.54) is 12.5 Å². The molecule has 0 heterocycles. The van der Waals surface area contributed by atoms with Crippen molar-refractivity contribution in [3.63, 3.8) is 0 Å². The molecular formula is C15H20ClFO. The van der Waals surface area contributed by atoms with Crippen LogP contribution in [-0.2, 0) is 6.42 Å². The lowest BCUT2D eigenvalue weighted by molar-refractivity contribution is -0.00922. The van der Waals surface area contributed by atoms with Gasteiger partial charge in [0.15, 0.2) is 0 Å². The molecule has 1 aliphatic carbocycles.